The summed E-state index contributed by atoms with van der Waals surface area (Å²) in [6.45, 7) is 3.94. The normalized spacial score (nSPS) is 18.2. The molecule has 1 N–H and O–H groups in total. The summed E-state index contributed by atoms with van der Waals surface area (Å²) in [5.41, 5.74) is 1.85. The van der Waals surface area contributed by atoms with Crippen LogP contribution in [-0.2, 0) is 0 Å². The zero-order valence-electron chi connectivity index (χ0n) is 11.4. The van der Waals surface area contributed by atoms with E-state index >= 15 is 0 Å². The minimum Gasteiger partial charge on any atom is -0.313 e. The highest BCUT2D eigenvalue weighted by molar-refractivity contribution is 8.00. The van der Waals surface area contributed by atoms with Crippen molar-refractivity contribution in [1.82, 2.24) is 5.32 Å². The molecule has 1 aromatic rings. The summed E-state index contributed by atoms with van der Waals surface area (Å²) in [5, 5.41) is 3.93. The van der Waals surface area contributed by atoms with Crippen molar-refractivity contribution in [3.05, 3.63) is 29.1 Å². The van der Waals surface area contributed by atoms with Crippen molar-refractivity contribution >= 4 is 11.8 Å². The van der Waals surface area contributed by atoms with E-state index in [4.69, 9.17) is 0 Å². The van der Waals surface area contributed by atoms with E-state index in [1.807, 2.05) is 31.8 Å². The molecule has 0 saturated heterocycles. The Kier molecular flexibility index (Phi) is 4.68. The van der Waals surface area contributed by atoms with Gasteiger partial charge in [-0.25, -0.2) is 4.39 Å². The Morgan fingerprint density at radius 1 is 1.33 bits per heavy atom. The van der Waals surface area contributed by atoms with Gasteiger partial charge in [0.05, 0.1) is 0 Å². The van der Waals surface area contributed by atoms with Crippen LogP contribution in [0.25, 0.3) is 0 Å². The van der Waals surface area contributed by atoms with E-state index in [1.165, 1.54) is 30.6 Å². The number of nitrogens with one attached hydrogen (secondary N) is 1. The van der Waals surface area contributed by atoms with Gasteiger partial charge in [0.15, 0.2) is 0 Å². The third kappa shape index (κ3) is 3.07. The lowest BCUT2D eigenvalue weighted by atomic mass is 10.1. The first kappa shape index (κ1) is 13.9. The van der Waals surface area contributed by atoms with Crippen LogP contribution in [0.5, 0.6) is 0 Å². The quantitative estimate of drug-likeness (QED) is 0.865. The molecular weight excluding hydrogens is 245 g/mol. The van der Waals surface area contributed by atoms with Crippen LogP contribution < -0.4 is 5.32 Å². The number of rotatable bonds is 4. The minimum atomic E-state index is -0.0946. The van der Waals surface area contributed by atoms with Gasteiger partial charge in [-0.2, -0.15) is 0 Å². The summed E-state index contributed by atoms with van der Waals surface area (Å²) in [6.07, 6.45) is 5.28. The Labute approximate surface area is 114 Å². The highest BCUT2D eigenvalue weighted by atomic mass is 32.2. The molecule has 1 saturated carbocycles. The van der Waals surface area contributed by atoms with Gasteiger partial charge in [-0.15, -0.1) is 11.8 Å². The molecule has 2 rings (SSSR count). The third-order valence-corrected chi connectivity index (χ3v) is 5.20. The molecule has 18 heavy (non-hydrogen) atoms. The predicted molar refractivity (Wildman–Crippen MR) is 76.7 cm³/mol. The molecule has 1 atom stereocenters. The van der Waals surface area contributed by atoms with E-state index in [0.29, 0.717) is 0 Å². The number of benzene rings is 1. The van der Waals surface area contributed by atoms with Crippen molar-refractivity contribution in [2.75, 3.05) is 7.05 Å². The van der Waals surface area contributed by atoms with E-state index in [9.17, 15) is 4.39 Å². The van der Waals surface area contributed by atoms with E-state index in [0.717, 1.165) is 16.4 Å². The molecule has 0 bridgehead atoms. The molecule has 1 aliphatic carbocycles. The van der Waals surface area contributed by atoms with Crippen LogP contribution in [0.2, 0.25) is 0 Å². The van der Waals surface area contributed by atoms with Gasteiger partial charge in [-0.1, -0.05) is 12.8 Å². The zero-order valence-corrected chi connectivity index (χ0v) is 12.2. The third-order valence-electron chi connectivity index (χ3n) is 3.79. The van der Waals surface area contributed by atoms with Crippen LogP contribution in [0.3, 0.4) is 0 Å². The number of hydrogen-bond donors (Lipinski definition) is 1. The molecule has 0 amide bonds. The fraction of sp³-hybridized carbons (Fsp3) is 0.600. The molecule has 1 aromatic carbocycles. The molecule has 0 radical (unpaired) electrons. The van der Waals surface area contributed by atoms with Gasteiger partial charge in [0.1, 0.15) is 5.82 Å². The molecule has 1 aliphatic rings. The van der Waals surface area contributed by atoms with Crippen LogP contribution in [0, 0.1) is 12.7 Å². The second-order valence-corrected chi connectivity index (χ2v) is 6.52. The molecule has 1 nitrogen and oxygen atoms in total. The number of aryl methyl sites for hydroxylation is 1. The smallest absolute Gasteiger partial charge is 0.126 e. The maximum atomic E-state index is 13.7. The van der Waals surface area contributed by atoms with Crippen LogP contribution >= 0.6 is 11.8 Å². The highest BCUT2D eigenvalue weighted by Gasteiger charge is 2.20. The second kappa shape index (κ2) is 6.07. The SMILES string of the molecule is CNC(C)c1cc(F)c(C)cc1SC1CCCC1. The maximum absolute atomic E-state index is 13.7. The van der Waals surface area contributed by atoms with Crippen LogP contribution in [0.4, 0.5) is 4.39 Å². The Hall–Kier alpha value is -0.540. The molecule has 0 aromatic heterocycles. The largest absolute Gasteiger partial charge is 0.313 e. The van der Waals surface area contributed by atoms with E-state index in [2.05, 4.69) is 12.2 Å². The van der Waals surface area contributed by atoms with Crippen molar-refractivity contribution in [3.8, 4) is 0 Å². The predicted octanol–water partition coefficient (Wildman–Crippen LogP) is 4.45. The molecule has 0 spiro atoms. The standard InChI is InChI=1S/C15H22FNS/c1-10-8-15(18-12-6-4-5-7-12)13(9-14(10)16)11(2)17-3/h8-9,11-12,17H,4-7H2,1-3H3. The van der Waals surface area contributed by atoms with Crippen molar-refractivity contribution in [1.29, 1.82) is 0 Å². The molecule has 100 valence electrons. The molecule has 1 fully saturated rings. The first-order chi connectivity index (χ1) is 8.61. The van der Waals surface area contributed by atoms with Gasteiger partial charge < -0.3 is 5.32 Å². The van der Waals surface area contributed by atoms with E-state index in [1.54, 1.807) is 6.07 Å². The van der Waals surface area contributed by atoms with Crippen molar-refractivity contribution in [2.45, 2.75) is 55.7 Å². The molecule has 1 unspecified atom stereocenters. The van der Waals surface area contributed by atoms with Crippen molar-refractivity contribution in [2.24, 2.45) is 0 Å². The fourth-order valence-corrected chi connectivity index (χ4v) is 4.00. The Balaban J connectivity index is 2.27. The first-order valence-corrected chi connectivity index (χ1v) is 7.63. The minimum absolute atomic E-state index is 0.0946. The molecule has 3 heteroatoms. The van der Waals surface area contributed by atoms with Gasteiger partial charge >= 0.3 is 0 Å². The zero-order chi connectivity index (χ0) is 13.1. The van der Waals surface area contributed by atoms with E-state index in [-0.39, 0.29) is 11.9 Å². The fourth-order valence-electron chi connectivity index (χ4n) is 2.45. The Bertz CT molecular complexity index is 413. The average Bonchev–Trinajstić information content (AvgIpc) is 2.85. The van der Waals surface area contributed by atoms with Crippen molar-refractivity contribution in [3.63, 3.8) is 0 Å². The highest BCUT2D eigenvalue weighted by Crippen LogP contribution is 2.38. The lowest BCUT2D eigenvalue weighted by molar-refractivity contribution is 0.594. The summed E-state index contributed by atoms with van der Waals surface area (Å²) in [5.74, 6) is -0.0946. The van der Waals surface area contributed by atoms with Crippen molar-refractivity contribution < 1.29 is 4.39 Å². The molecule has 0 heterocycles. The number of thioether (sulfide) groups is 1. The summed E-state index contributed by atoms with van der Waals surface area (Å²) < 4.78 is 13.7. The van der Waals surface area contributed by atoms with Gasteiger partial charge in [0.2, 0.25) is 0 Å². The number of halogens is 1. The number of hydrogen-bond acceptors (Lipinski definition) is 2. The van der Waals surface area contributed by atoms with E-state index < -0.39 is 0 Å². The first-order valence-electron chi connectivity index (χ1n) is 6.75. The van der Waals surface area contributed by atoms with Gasteiger partial charge in [0.25, 0.3) is 0 Å². The van der Waals surface area contributed by atoms with Gasteiger partial charge in [-0.3, -0.25) is 0 Å². The Morgan fingerprint density at radius 2 is 2.00 bits per heavy atom. The second-order valence-electron chi connectivity index (χ2n) is 5.17. The average molecular weight is 267 g/mol. The monoisotopic (exact) mass is 267 g/mol. The van der Waals surface area contributed by atoms with Crippen LogP contribution in [0.1, 0.15) is 49.8 Å². The summed E-state index contributed by atoms with van der Waals surface area (Å²) in [7, 11) is 1.92. The van der Waals surface area contributed by atoms with Gasteiger partial charge in [0, 0.05) is 16.2 Å². The lowest BCUT2D eigenvalue weighted by Gasteiger charge is -2.19. The Morgan fingerprint density at radius 3 is 2.61 bits per heavy atom. The van der Waals surface area contributed by atoms with Crippen LogP contribution in [0.15, 0.2) is 17.0 Å². The summed E-state index contributed by atoms with van der Waals surface area (Å²) >= 11 is 1.94. The topological polar surface area (TPSA) is 12.0 Å². The summed E-state index contributed by atoms with van der Waals surface area (Å²) in [4.78, 5) is 1.25. The summed E-state index contributed by atoms with van der Waals surface area (Å²) in [6, 6.07) is 3.92. The molecule has 0 aliphatic heterocycles. The maximum Gasteiger partial charge on any atom is 0.126 e. The lowest BCUT2D eigenvalue weighted by Crippen LogP contribution is -2.14. The van der Waals surface area contributed by atoms with Crippen LogP contribution in [-0.4, -0.2) is 12.3 Å². The molecular formula is C15H22FNS. The van der Waals surface area contributed by atoms with Gasteiger partial charge in [-0.05, 0) is 57.0 Å².